The van der Waals surface area contributed by atoms with Crippen molar-refractivity contribution in [3.8, 4) is 0 Å². The van der Waals surface area contributed by atoms with E-state index in [0.717, 1.165) is 47.9 Å². The maximum atomic E-state index is 11.2. The molecule has 0 fully saturated rings. The van der Waals surface area contributed by atoms with Crippen LogP contribution in [0.15, 0.2) is 0 Å². The molecule has 18 heavy (non-hydrogen) atoms. The molecule has 2 rings (SSSR count). The van der Waals surface area contributed by atoms with Crippen molar-refractivity contribution in [3.63, 3.8) is 0 Å². The molecule has 1 atom stereocenters. The number of carboxylic acids is 1. The maximum Gasteiger partial charge on any atom is 0.312 e. The van der Waals surface area contributed by atoms with Crippen molar-refractivity contribution >= 4 is 22.4 Å². The predicted molar refractivity (Wildman–Crippen MR) is 73.4 cm³/mol. The zero-order valence-corrected chi connectivity index (χ0v) is 11.7. The molecule has 0 saturated carbocycles. The van der Waals surface area contributed by atoms with E-state index in [1.54, 1.807) is 11.3 Å². The van der Waals surface area contributed by atoms with Crippen LogP contribution >= 0.6 is 11.3 Å². The van der Waals surface area contributed by atoms with Crippen LogP contribution in [-0.2, 0) is 11.2 Å². The summed E-state index contributed by atoms with van der Waals surface area (Å²) in [4.78, 5) is 16.8. The Morgan fingerprint density at radius 1 is 1.61 bits per heavy atom. The third-order valence-corrected chi connectivity index (χ3v) is 4.34. The van der Waals surface area contributed by atoms with Crippen LogP contribution in [0, 0.1) is 5.92 Å². The van der Waals surface area contributed by atoms with Crippen LogP contribution in [0.3, 0.4) is 0 Å². The summed E-state index contributed by atoms with van der Waals surface area (Å²) in [5, 5.41) is 13.4. The van der Waals surface area contributed by atoms with E-state index in [0.29, 0.717) is 5.92 Å². The van der Waals surface area contributed by atoms with E-state index in [1.807, 2.05) is 0 Å². The van der Waals surface area contributed by atoms with Crippen LogP contribution in [0.1, 0.15) is 49.6 Å². The smallest absolute Gasteiger partial charge is 0.312 e. The van der Waals surface area contributed by atoms with Crippen molar-refractivity contribution < 1.29 is 9.90 Å². The van der Waals surface area contributed by atoms with Gasteiger partial charge in [-0.3, -0.25) is 4.79 Å². The number of rotatable bonds is 5. The number of fused-ring (bicyclic) bond motifs is 1. The van der Waals surface area contributed by atoms with E-state index in [9.17, 15) is 9.90 Å². The Balaban J connectivity index is 2.05. The Bertz CT molecular complexity index is 429. The molecule has 0 bridgehead atoms. The normalized spacial score (nSPS) is 18.7. The van der Waals surface area contributed by atoms with E-state index in [1.165, 1.54) is 0 Å². The number of hydrogen-bond acceptors (Lipinski definition) is 4. The lowest BCUT2D eigenvalue weighted by atomic mass is 9.91. The van der Waals surface area contributed by atoms with Gasteiger partial charge in [0.2, 0.25) is 0 Å². The fourth-order valence-electron chi connectivity index (χ4n) is 2.20. The molecule has 1 heterocycles. The van der Waals surface area contributed by atoms with Gasteiger partial charge in [-0.05, 0) is 31.6 Å². The molecule has 0 aromatic carbocycles. The summed E-state index contributed by atoms with van der Waals surface area (Å²) in [6, 6.07) is 0. The number of thiazole rings is 1. The highest BCUT2D eigenvalue weighted by atomic mass is 32.1. The van der Waals surface area contributed by atoms with Gasteiger partial charge < -0.3 is 10.4 Å². The summed E-state index contributed by atoms with van der Waals surface area (Å²) < 4.78 is 0. The highest BCUT2D eigenvalue weighted by molar-refractivity contribution is 7.15. The van der Waals surface area contributed by atoms with Crippen LogP contribution in [0.25, 0.3) is 0 Å². The Kier molecular flexibility index (Phi) is 4.22. The number of nitrogens with zero attached hydrogens (tertiary/aromatic N) is 1. The molecule has 0 amide bonds. The Hall–Kier alpha value is -1.10. The van der Waals surface area contributed by atoms with Gasteiger partial charge in [0.05, 0.1) is 5.69 Å². The number of nitrogens with one attached hydrogen (secondary N) is 1. The summed E-state index contributed by atoms with van der Waals surface area (Å²) in [5.74, 6) is -0.473. The topological polar surface area (TPSA) is 62.2 Å². The van der Waals surface area contributed by atoms with Crippen LogP contribution < -0.4 is 5.32 Å². The van der Waals surface area contributed by atoms with Crippen LogP contribution in [0.4, 0.5) is 5.13 Å². The second-order valence-corrected chi connectivity index (χ2v) is 6.30. The molecule has 1 aliphatic rings. The second kappa shape index (κ2) is 5.69. The van der Waals surface area contributed by atoms with Gasteiger partial charge in [0.25, 0.3) is 0 Å². The second-order valence-electron chi connectivity index (χ2n) is 5.22. The first-order valence-corrected chi connectivity index (χ1v) is 7.36. The average Bonchev–Trinajstić information content (AvgIpc) is 2.70. The standard InChI is InChI=1S/C13H20N2O2S/c1-8(2)6-7-14-13-15-11-9(12(16)17)4-3-5-10(11)18-13/h8-9H,3-7H2,1-2H3,(H,14,15)(H,16,17). The molecule has 100 valence electrons. The molecule has 1 unspecified atom stereocenters. The summed E-state index contributed by atoms with van der Waals surface area (Å²) in [6.45, 7) is 5.28. The monoisotopic (exact) mass is 268 g/mol. The lowest BCUT2D eigenvalue weighted by Gasteiger charge is -2.16. The van der Waals surface area contributed by atoms with Crippen LogP contribution in [0.5, 0.6) is 0 Å². The highest BCUT2D eigenvalue weighted by Crippen LogP contribution is 2.36. The summed E-state index contributed by atoms with van der Waals surface area (Å²) in [7, 11) is 0. The third-order valence-electron chi connectivity index (χ3n) is 3.25. The SMILES string of the molecule is CC(C)CCNc1nc2c(s1)CCCC2C(=O)O. The minimum Gasteiger partial charge on any atom is -0.481 e. The van der Waals surface area contributed by atoms with Gasteiger partial charge in [0, 0.05) is 11.4 Å². The molecule has 4 nitrogen and oxygen atoms in total. The van der Waals surface area contributed by atoms with Gasteiger partial charge in [-0.15, -0.1) is 11.3 Å². The number of hydrogen-bond donors (Lipinski definition) is 2. The molecule has 1 aliphatic carbocycles. The number of anilines is 1. The molecular weight excluding hydrogens is 248 g/mol. The molecule has 0 saturated heterocycles. The first kappa shape index (κ1) is 13.3. The minimum absolute atomic E-state index is 0.398. The third kappa shape index (κ3) is 3.02. The Morgan fingerprint density at radius 3 is 3.06 bits per heavy atom. The Morgan fingerprint density at radius 2 is 2.39 bits per heavy atom. The number of aryl methyl sites for hydroxylation is 1. The Labute approximate surface area is 111 Å². The maximum absolute atomic E-state index is 11.2. The van der Waals surface area contributed by atoms with Crippen molar-refractivity contribution in [2.75, 3.05) is 11.9 Å². The lowest BCUT2D eigenvalue weighted by Crippen LogP contribution is -2.17. The van der Waals surface area contributed by atoms with Crippen molar-refractivity contribution in [1.82, 2.24) is 4.98 Å². The van der Waals surface area contributed by atoms with E-state index < -0.39 is 11.9 Å². The van der Waals surface area contributed by atoms with Gasteiger partial charge in [-0.25, -0.2) is 4.98 Å². The van der Waals surface area contributed by atoms with Crippen molar-refractivity contribution in [1.29, 1.82) is 0 Å². The molecule has 2 N–H and O–H groups in total. The summed E-state index contributed by atoms with van der Waals surface area (Å²) in [6.07, 6.45) is 3.75. The van der Waals surface area contributed by atoms with Gasteiger partial charge in [-0.1, -0.05) is 13.8 Å². The van der Waals surface area contributed by atoms with E-state index in [2.05, 4.69) is 24.1 Å². The van der Waals surface area contributed by atoms with Gasteiger partial charge in [0.15, 0.2) is 5.13 Å². The van der Waals surface area contributed by atoms with Crippen LogP contribution in [0.2, 0.25) is 0 Å². The largest absolute Gasteiger partial charge is 0.481 e. The van der Waals surface area contributed by atoms with E-state index >= 15 is 0 Å². The lowest BCUT2D eigenvalue weighted by molar-refractivity contribution is -0.139. The fourth-order valence-corrected chi connectivity index (χ4v) is 3.29. The number of carboxylic acid groups (broad SMARTS) is 1. The van der Waals surface area contributed by atoms with Gasteiger partial charge in [-0.2, -0.15) is 0 Å². The average molecular weight is 268 g/mol. The first-order valence-electron chi connectivity index (χ1n) is 6.54. The number of aromatic nitrogens is 1. The van der Waals surface area contributed by atoms with E-state index in [-0.39, 0.29) is 0 Å². The molecule has 0 spiro atoms. The van der Waals surface area contributed by atoms with Gasteiger partial charge >= 0.3 is 5.97 Å². The molecule has 0 aliphatic heterocycles. The molecule has 5 heteroatoms. The quantitative estimate of drug-likeness (QED) is 0.861. The zero-order valence-electron chi connectivity index (χ0n) is 10.9. The molecule has 1 aromatic heterocycles. The first-order chi connectivity index (χ1) is 8.58. The van der Waals surface area contributed by atoms with Gasteiger partial charge in [0.1, 0.15) is 5.92 Å². The fraction of sp³-hybridized carbons (Fsp3) is 0.692. The van der Waals surface area contributed by atoms with Crippen molar-refractivity contribution in [3.05, 3.63) is 10.6 Å². The minimum atomic E-state index is -0.741. The molecule has 1 aromatic rings. The zero-order chi connectivity index (χ0) is 13.1. The highest BCUT2D eigenvalue weighted by Gasteiger charge is 2.29. The molecule has 0 radical (unpaired) electrons. The summed E-state index contributed by atoms with van der Waals surface area (Å²) in [5.41, 5.74) is 0.797. The van der Waals surface area contributed by atoms with Crippen molar-refractivity contribution in [2.24, 2.45) is 5.92 Å². The van der Waals surface area contributed by atoms with Crippen molar-refractivity contribution in [2.45, 2.75) is 45.4 Å². The predicted octanol–water partition coefficient (Wildman–Crippen LogP) is 3.11. The number of aliphatic carboxylic acids is 1. The van der Waals surface area contributed by atoms with E-state index in [4.69, 9.17) is 0 Å². The number of carbonyl (C=O) groups is 1. The van der Waals surface area contributed by atoms with Crippen LogP contribution in [-0.4, -0.2) is 22.6 Å². The summed E-state index contributed by atoms with van der Waals surface area (Å²) >= 11 is 1.62. The molecular formula is C13H20N2O2S.